The molecule has 1 aromatic carbocycles. The highest BCUT2D eigenvalue weighted by atomic mass is 16.3. The summed E-state index contributed by atoms with van der Waals surface area (Å²) in [5.41, 5.74) is 5.17. The molecule has 116 valence electrons. The molecular formula is C19H28O2. The van der Waals surface area contributed by atoms with Gasteiger partial charge in [-0.1, -0.05) is 49.3 Å². The fraction of sp³-hybridized carbons (Fsp3) is 0.579. The van der Waals surface area contributed by atoms with E-state index in [-0.39, 0.29) is 12.0 Å². The SMILES string of the molecule is CC1=C(CCC(O)c2ccc(CO)cc2)C(C)(C)CCC1. The smallest absolute Gasteiger partial charge is 0.0793 e. The van der Waals surface area contributed by atoms with Crippen molar-refractivity contribution in [1.82, 2.24) is 0 Å². The summed E-state index contributed by atoms with van der Waals surface area (Å²) in [5.74, 6) is 0. The zero-order valence-electron chi connectivity index (χ0n) is 13.5. The Morgan fingerprint density at radius 3 is 2.43 bits per heavy atom. The van der Waals surface area contributed by atoms with E-state index in [1.165, 1.54) is 24.8 Å². The summed E-state index contributed by atoms with van der Waals surface area (Å²) >= 11 is 0. The normalized spacial score (nSPS) is 19.7. The fourth-order valence-corrected chi connectivity index (χ4v) is 3.52. The minimum Gasteiger partial charge on any atom is -0.392 e. The molecule has 0 bridgehead atoms. The average Bonchev–Trinajstić information content (AvgIpc) is 2.46. The lowest BCUT2D eigenvalue weighted by molar-refractivity contribution is 0.164. The Labute approximate surface area is 128 Å². The molecule has 0 spiro atoms. The Balaban J connectivity index is 2.01. The highest BCUT2D eigenvalue weighted by Gasteiger charge is 2.28. The summed E-state index contributed by atoms with van der Waals surface area (Å²) < 4.78 is 0. The molecule has 0 saturated heterocycles. The number of aliphatic hydroxyl groups excluding tert-OH is 2. The molecule has 0 aliphatic heterocycles. The highest BCUT2D eigenvalue weighted by Crippen LogP contribution is 2.43. The molecular weight excluding hydrogens is 260 g/mol. The second-order valence-corrected chi connectivity index (χ2v) is 6.95. The van der Waals surface area contributed by atoms with Crippen molar-refractivity contribution in [2.75, 3.05) is 0 Å². The van der Waals surface area contributed by atoms with Crippen LogP contribution in [0.3, 0.4) is 0 Å². The minimum atomic E-state index is -0.421. The zero-order chi connectivity index (χ0) is 15.5. The van der Waals surface area contributed by atoms with E-state index in [4.69, 9.17) is 5.11 Å². The van der Waals surface area contributed by atoms with Gasteiger partial charge >= 0.3 is 0 Å². The first-order valence-electron chi connectivity index (χ1n) is 8.01. The van der Waals surface area contributed by atoms with Crippen LogP contribution >= 0.6 is 0 Å². The first-order valence-corrected chi connectivity index (χ1v) is 8.01. The van der Waals surface area contributed by atoms with Crippen LogP contribution in [0, 0.1) is 5.41 Å². The molecule has 0 aromatic heterocycles. The Morgan fingerprint density at radius 1 is 1.19 bits per heavy atom. The van der Waals surface area contributed by atoms with E-state index in [2.05, 4.69) is 20.8 Å². The van der Waals surface area contributed by atoms with E-state index in [9.17, 15) is 5.11 Å². The summed E-state index contributed by atoms with van der Waals surface area (Å²) in [6, 6.07) is 7.61. The molecule has 1 aromatic rings. The van der Waals surface area contributed by atoms with Gasteiger partial charge in [0.2, 0.25) is 0 Å². The van der Waals surface area contributed by atoms with E-state index in [0.717, 1.165) is 24.0 Å². The lowest BCUT2D eigenvalue weighted by Crippen LogP contribution is -2.20. The van der Waals surface area contributed by atoms with Gasteiger partial charge in [-0.3, -0.25) is 0 Å². The van der Waals surface area contributed by atoms with Gasteiger partial charge in [-0.05, 0) is 55.6 Å². The van der Waals surface area contributed by atoms with Crippen molar-refractivity contribution in [3.63, 3.8) is 0 Å². The molecule has 21 heavy (non-hydrogen) atoms. The Kier molecular flexibility index (Phi) is 5.23. The molecule has 0 radical (unpaired) electrons. The lowest BCUT2D eigenvalue weighted by Gasteiger charge is -2.35. The van der Waals surface area contributed by atoms with Crippen LogP contribution in [0.2, 0.25) is 0 Å². The number of rotatable bonds is 5. The highest BCUT2D eigenvalue weighted by molar-refractivity contribution is 5.25. The van der Waals surface area contributed by atoms with Crippen LogP contribution < -0.4 is 0 Å². The number of hydrogen-bond donors (Lipinski definition) is 2. The molecule has 0 fully saturated rings. The van der Waals surface area contributed by atoms with Crippen LogP contribution in [0.1, 0.15) is 70.1 Å². The predicted octanol–water partition coefficient (Wildman–Crippen LogP) is 4.52. The van der Waals surface area contributed by atoms with Crippen molar-refractivity contribution >= 4 is 0 Å². The summed E-state index contributed by atoms with van der Waals surface area (Å²) in [6.07, 6.45) is 5.07. The Bertz CT molecular complexity index is 497. The van der Waals surface area contributed by atoms with Gasteiger partial charge in [-0.25, -0.2) is 0 Å². The van der Waals surface area contributed by atoms with Gasteiger partial charge in [-0.2, -0.15) is 0 Å². The molecule has 2 N–H and O–H groups in total. The lowest BCUT2D eigenvalue weighted by atomic mass is 9.71. The maximum Gasteiger partial charge on any atom is 0.0793 e. The summed E-state index contributed by atoms with van der Waals surface area (Å²) in [6.45, 7) is 6.95. The molecule has 2 heteroatoms. The monoisotopic (exact) mass is 288 g/mol. The van der Waals surface area contributed by atoms with Crippen molar-refractivity contribution in [2.45, 2.75) is 65.6 Å². The maximum atomic E-state index is 10.4. The molecule has 2 rings (SSSR count). The van der Waals surface area contributed by atoms with Gasteiger partial charge in [0.25, 0.3) is 0 Å². The van der Waals surface area contributed by atoms with Gasteiger partial charge in [0.15, 0.2) is 0 Å². The van der Waals surface area contributed by atoms with Crippen LogP contribution in [0.25, 0.3) is 0 Å². The predicted molar refractivity (Wildman–Crippen MR) is 86.9 cm³/mol. The van der Waals surface area contributed by atoms with Crippen LogP contribution in [-0.2, 0) is 6.61 Å². The van der Waals surface area contributed by atoms with Gasteiger partial charge in [0.05, 0.1) is 12.7 Å². The number of aliphatic hydroxyl groups is 2. The second kappa shape index (κ2) is 6.76. The second-order valence-electron chi connectivity index (χ2n) is 6.95. The van der Waals surface area contributed by atoms with Crippen molar-refractivity contribution < 1.29 is 10.2 Å². The van der Waals surface area contributed by atoms with Crippen molar-refractivity contribution in [1.29, 1.82) is 0 Å². The van der Waals surface area contributed by atoms with Crippen molar-refractivity contribution in [3.8, 4) is 0 Å². The quantitative estimate of drug-likeness (QED) is 0.782. The molecule has 1 aliphatic rings. The van der Waals surface area contributed by atoms with E-state index in [1.54, 1.807) is 5.57 Å². The molecule has 0 amide bonds. The largest absolute Gasteiger partial charge is 0.392 e. The molecule has 0 saturated carbocycles. The fourth-order valence-electron chi connectivity index (χ4n) is 3.52. The zero-order valence-corrected chi connectivity index (χ0v) is 13.5. The third-order valence-corrected chi connectivity index (χ3v) is 4.90. The Morgan fingerprint density at radius 2 is 1.86 bits per heavy atom. The van der Waals surface area contributed by atoms with E-state index >= 15 is 0 Å². The third kappa shape index (κ3) is 3.96. The summed E-state index contributed by atoms with van der Waals surface area (Å²) in [7, 11) is 0. The standard InChI is InChI=1S/C19H28O2/c1-14-5-4-12-19(2,3)17(14)10-11-18(21)16-8-6-15(13-20)7-9-16/h6-9,18,20-21H,4-5,10-13H2,1-3H3. The van der Waals surface area contributed by atoms with Crippen molar-refractivity contribution in [3.05, 3.63) is 46.5 Å². The van der Waals surface area contributed by atoms with E-state index in [0.29, 0.717) is 0 Å². The van der Waals surface area contributed by atoms with Crippen LogP contribution in [0.4, 0.5) is 0 Å². The molecule has 1 unspecified atom stereocenters. The third-order valence-electron chi connectivity index (χ3n) is 4.90. The maximum absolute atomic E-state index is 10.4. The topological polar surface area (TPSA) is 40.5 Å². The first-order chi connectivity index (χ1) is 9.94. The van der Waals surface area contributed by atoms with Gasteiger partial charge in [0, 0.05) is 0 Å². The van der Waals surface area contributed by atoms with Gasteiger partial charge in [0.1, 0.15) is 0 Å². The molecule has 1 atom stereocenters. The van der Waals surface area contributed by atoms with Crippen molar-refractivity contribution in [2.24, 2.45) is 5.41 Å². The van der Waals surface area contributed by atoms with Gasteiger partial charge in [-0.15, -0.1) is 0 Å². The summed E-state index contributed by atoms with van der Waals surface area (Å²) in [5, 5.41) is 19.4. The van der Waals surface area contributed by atoms with Gasteiger partial charge < -0.3 is 10.2 Å². The number of allylic oxidation sites excluding steroid dienone is 2. The van der Waals surface area contributed by atoms with E-state index < -0.39 is 6.10 Å². The minimum absolute atomic E-state index is 0.0522. The van der Waals surface area contributed by atoms with Crippen LogP contribution in [0.15, 0.2) is 35.4 Å². The Hall–Kier alpha value is -1.12. The number of hydrogen-bond acceptors (Lipinski definition) is 2. The molecule has 0 heterocycles. The summed E-state index contributed by atoms with van der Waals surface area (Å²) in [4.78, 5) is 0. The van der Waals surface area contributed by atoms with Crippen LogP contribution in [0.5, 0.6) is 0 Å². The molecule has 1 aliphatic carbocycles. The number of benzene rings is 1. The first kappa shape index (κ1) is 16.3. The van der Waals surface area contributed by atoms with Crippen LogP contribution in [-0.4, -0.2) is 10.2 Å². The average molecular weight is 288 g/mol. The molecule has 2 nitrogen and oxygen atoms in total. The van der Waals surface area contributed by atoms with E-state index in [1.807, 2.05) is 24.3 Å².